The summed E-state index contributed by atoms with van der Waals surface area (Å²) in [7, 11) is 0. The van der Waals surface area contributed by atoms with Crippen LogP contribution in [0.2, 0.25) is 0 Å². The summed E-state index contributed by atoms with van der Waals surface area (Å²) in [5, 5.41) is 4.59. The van der Waals surface area contributed by atoms with Crippen molar-refractivity contribution in [1.29, 1.82) is 0 Å². The van der Waals surface area contributed by atoms with E-state index in [0.29, 0.717) is 0 Å². The van der Waals surface area contributed by atoms with Crippen LogP contribution in [0.1, 0.15) is 31.2 Å². The van der Waals surface area contributed by atoms with E-state index in [1.54, 1.807) is 11.8 Å². The average Bonchev–Trinajstić information content (AvgIpc) is 2.46. The minimum absolute atomic E-state index is 0.719. The van der Waals surface area contributed by atoms with Crippen molar-refractivity contribution in [1.82, 2.24) is 5.32 Å². The van der Waals surface area contributed by atoms with Gasteiger partial charge in [-0.25, -0.2) is 0 Å². The minimum Gasteiger partial charge on any atom is -0.310 e. The van der Waals surface area contributed by atoms with Gasteiger partial charge >= 0.3 is 0 Å². The molecule has 3 heteroatoms. The van der Waals surface area contributed by atoms with Gasteiger partial charge in [0.15, 0.2) is 0 Å². The third kappa shape index (κ3) is 4.22. The van der Waals surface area contributed by atoms with E-state index in [1.807, 2.05) is 11.8 Å². The lowest BCUT2D eigenvalue weighted by Gasteiger charge is -2.28. The topological polar surface area (TPSA) is 12.0 Å². The molecule has 1 aromatic rings. The van der Waals surface area contributed by atoms with Crippen LogP contribution < -0.4 is 5.32 Å². The Bertz CT molecular complexity index is 350. The highest BCUT2D eigenvalue weighted by atomic mass is 32.2. The average molecular weight is 281 g/mol. The summed E-state index contributed by atoms with van der Waals surface area (Å²) >= 11 is 3.84. The van der Waals surface area contributed by atoms with Gasteiger partial charge in [0.05, 0.1) is 0 Å². The number of benzene rings is 1. The second-order valence-electron chi connectivity index (χ2n) is 4.95. The molecule has 100 valence electrons. The Balaban J connectivity index is 1.79. The number of nitrogens with one attached hydrogen (secondary N) is 1. The molecule has 0 aromatic heterocycles. The van der Waals surface area contributed by atoms with Crippen molar-refractivity contribution < 1.29 is 0 Å². The zero-order valence-electron chi connectivity index (χ0n) is 11.3. The maximum Gasteiger partial charge on any atom is 0.0208 e. The van der Waals surface area contributed by atoms with Crippen LogP contribution in [0.4, 0.5) is 0 Å². The second-order valence-corrected chi connectivity index (χ2v) is 6.97. The molecule has 1 fully saturated rings. The molecule has 2 unspecified atom stereocenters. The maximum atomic E-state index is 3.72. The molecule has 2 atom stereocenters. The van der Waals surface area contributed by atoms with Gasteiger partial charge in [-0.3, -0.25) is 0 Å². The summed E-state index contributed by atoms with van der Waals surface area (Å²) in [5.74, 6) is 0. The predicted molar refractivity (Wildman–Crippen MR) is 84.6 cm³/mol. The van der Waals surface area contributed by atoms with Gasteiger partial charge in [0.25, 0.3) is 0 Å². The smallest absolute Gasteiger partial charge is 0.0208 e. The first-order valence-electron chi connectivity index (χ1n) is 6.71. The van der Waals surface area contributed by atoms with E-state index in [2.05, 4.69) is 42.1 Å². The summed E-state index contributed by atoms with van der Waals surface area (Å²) in [6, 6.07) is 9.64. The Morgan fingerprint density at radius 3 is 2.61 bits per heavy atom. The minimum atomic E-state index is 0.719. The molecule has 1 N–H and O–H groups in total. The van der Waals surface area contributed by atoms with Crippen LogP contribution in [-0.4, -0.2) is 23.8 Å². The first-order chi connectivity index (χ1) is 8.81. The zero-order valence-corrected chi connectivity index (χ0v) is 12.9. The summed E-state index contributed by atoms with van der Waals surface area (Å²) in [6.45, 7) is 1.01. The highest BCUT2D eigenvalue weighted by Gasteiger charge is 2.20. The second kappa shape index (κ2) is 7.46. The van der Waals surface area contributed by atoms with Gasteiger partial charge in [0.2, 0.25) is 0 Å². The van der Waals surface area contributed by atoms with E-state index < -0.39 is 0 Å². The van der Waals surface area contributed by atoms with Gasteiger partial charge in [0, 0.05) is 22.7 Å². The maximum absolute atomic E-state index is 3.72. The van der Waals surface area contributed by atoms with Gasteiger partial charge in [0.1, 0.15) is 0 Å². The molecule has 0 spiro atoms. The molecular formula is C15H23NS2. The molecule has 1 saturated carbocycles. The van der Waals surface area contributed by atoms with Crippen LogP contribution in [0.15, 0.2) is 29.2 Å². The van der Waals surface area contributed by atoms with E-state index in [9.17, 15) is 0 Å². The Morgan fingerprint density at radius 2 is 1.94 bits per heavy atom. The molecule has 0 amide bonds. The summed E-state index contributed by atoms with van der Waals surface area (Å²) in [4.78, 5) is 1.35. The van der Waals surface area contributed by atoms with Crippen LogP contribution >= 0.6 is 23.5 Å². The molecule has 0 aliphatic heterocycles. The number of hydrogen-bond donors (Lipinski definition) is 1. The van der Waals surface area contributed by atoms with Crippen molar-refractivity contribution in [3.8, 4) is 0 Å². The molecule has 0 heterocycles. The number of rotatable bonds is 5. The van der Waals surface area contributed by atoms with Gasteiger partial charge in [-0.15, -0.1) is 11.8 Å². The molecule has 0 radical (unpaired) electrons. The van der Waals surface area contributed by atoms with Crippen molar-refractivity contribution in [3.63, 3.8) is 0 Å². The van der Waals surface area contributed by atoms with Crippen LogP contribution in [-0.2, 0) is 6.54 Å². The lowest BCUT2D eigenvalue weighted by molar-refractivity contribution is 0.380. The van der Waals surface area contributed by atoms with Crippen LogP contribution in [0, 0.1) is 0 Å². The standard InChI is InChI=1S/C15H23NS2/c1-17-14-8-6-12(7-9-14)11-16-13-4-3-5-15(10-13)18-2/h6-9,13,15-16H,3-5,10-11H2,1-2H3. The first kappa shape index (κ1) is 14.3. The lowest BCUT2D eigenvalue weighted by Crippen LogP contribution is -2.34. The molecule has 2 rings (SSSR count). The SMILES string of the molecule is CSc1ccc(CNC2CCCC(SC)C2)cc1. The molecule has 1 aliphatic carbocycles. The van der Waals surface area contributed by atoms with E-state index in [1.165, 1.54) is 36.1 Å². The van der Waals surface area contributed by atoms with E-state index in [4.69, 9.17) is 0 Å². The van der Waals surface area contributed by atoms with Crippen molar-refractivity contribution >= 4 is 23.5 Å². The third-order valence-electron chi connectivity index (χ3n) is 3.71. The fourth-order valence-corrected chi connectivity index (χ4v) is 3.79. The van der Waals surface area contributed by atoms with Crippen molar-refractivity contribution in [3.05, 3.63) is 29.8 Å². The van der Waals surface area contributed by atoms with Crippen LogP contribution in [0.25, 0.3) is 0 Å². The van der Waals surface area contributed by atoms with Gasteiger partial charge in [-0.05, 0) is 49.5 Å². The molecule has 1 nitrogen and oxygen atoms in total. The number of thioether (sulfide) groups is 2. The Hall–Kier alpha value is -0.120. The third-order valence-corrected chi connectivity index (χ3v) is 5.55. The van der Waals surface area contributed by atoms with Gasteiger partial charge in [-0.2, -0.15) is 11.8 Å². The normalized spacial score (nSPS) is 24.1. The Labute approximate surface area is 120 Å². The molecule has 1 aromatic carbocycles. The van der Waals surface area contributed by atoms with Crippen molar-refractivity contribution in [2.45, 2.75) is 48.4 Å². The van der Waals surface area contributed by atoms with Crippen molar-refractivity contribution in [2.75, 3.05) is 12.5 Å². The highest BCUT2D eigenvalue weighted by Crippen LogP contribution is 2.27. The number of hydrogen-bond acceptors (Lipinski definition) is 3. The Kier molecular flexibility index (Phi) is 5.93. The van der Waals surface area contributed by atoms with Crippen LogP contribution in [0.5, 0.6) is 0 Å². The van der Waals surface area contributed by atoms with Gasteiger partial charge < -0.3 is 5.32 Å². The molecule has 1 aliphatic rings. The van der Waals surface area contributed by atoms with E-state index in [-0.39, 0.29) is 0 Å². The molecular weight excluding hydrogens is 258 g/mol. The van der Waals surface area contributed by atoms with E-state index in [0.717, 1.165) is 17.8 Å². The molecule has 18 heavy (non-hydrogen) atoms. The largest absolute Gasteiger partial charge is 0.310 e. The quantitative estimate of drug-likeness (QED) is 0.814. The highest BCUT2D eigenvalue weighted by molar-refractivity contribution is 7.99. The molecule has 0 bridgehead atoms. The fraction of sp³-hybridized carbons (Fsp3) is 0.600. The Morgan fingerprint density at radius 1 is 1.17 bits per heavy atom. The first-order valence-corrected chi connectivity index (χ1v) is 9.22. The monoisotopic (exact) mass is 281 g/mol. The fourth-order valence-electron chi connectivity index (χ4n) is 2.55. The predicted octanol–water partition coefficient (Wildman–Crippen LogP) is 4.17. The van der Waals surface area contributed by atoms with E-state index >= 15 is 0 Å². The summed E-state index contributed by atoms with van der Waals surface area (Å²) in [5.41, 5.74) is 1.40. The van der Waals surface area contributed by atoms with Crippen LogP contribution in [0.3, 0.4) is 0 Å². The van der Waals surface area contributed by atoms with Gasteiger partial charge in [-0.1, -0.05) is 18.6 Å². The summed E-state index contributed by atoms with van der Waals surface area (Å²) < 4.78 is 0. The zero-order chi connectivity index (χ0) is 12.8. The molecule has 0 saturated heterocycles. The summed E-state index contributed by atoms with van der Waals surface area (Å²) in [6.07, 6.45) is 9.84. The lowest BCUT2D eigenvalue weighted by atomic mass is 9.95. The van der Waals surface area contributed by atoms with Crippen molar-refractivity contribution in [2.24, 2.45) is 0 Å².